The maximum atomic E-state index is 11.3. The minimum atomic E-state index is -0.331. The third-order valence-electron chi connectivity index (χ3n) is 2.73. The Morgan fingerprint density at radius 1 is 1.05 bits per heavy atom. The van der Waals surface area contributed by atoms with Crippen LogP contribution in [0.3, 0.4) is 0 Å². The standard InChI is InChI=1S/C16H15NO2/c1-12-3-9-15(10-4-12)17-11-13-5-7-14(8-6-13)16(18)19-2/h3-11H,1-2H3. The maximum Gasteiger partial charge on any atom is 0.337 e. The van der Waals surface area contributed by atoms with Gasteiger partial charge in [-0.05, 0) is 36.8 Å². The summed E-state index contributed by atoms with van der Waals surface area (Å²) in [6.45, 7) is 2.04. The number of aryl methyl sites for hydroxylation is 1. The van der Waals surface area contributed by atoms with Gasteiger partial charge < -0.3 is 4.74 Å². The van der Waals surface area contributed by atoms with E-state index in [0.29, 0.717) is 5.56 Å². The van der Waals surface area contributed by atoms with Crippen molar-refractivity contribution in [3.63, 3.8) is 0 Å². The molecule has 0 N–H and O–H groups in total. The predicted octanol–water partition coefficient (Wildman–Crippen LogP) is 3.53. The summed E-state index contributed by atoms with van der Waals surface area (Å²) in [7, 11) is 1.37. The number of carbonyl (C=O) groups excluding carboxylic acids is 1. The van der Waals surface area contributed by atoms with Crippen LogP contribution >= 0.6 is 0 Å². The molecule has 0 aliphatic carbocycles. The summed E-state index contributed by atoms with van der Waals surface area (Å²) >= 11 is 0. The molecule has 96 valence electrons. The predicted molar refractivity (Wildman–Crippen MR) is 76.2 cm³/mol. The van der Waals surface area contributed by atoms with E-state index in [1.807, 2.05) is 43.3 Å². The molecule has 2 aromatic carbocycles. The average molecular weight is 253 g/mol. The second-order valence-corrected chi connectivity index (χ2v) is 4.21. The largest absolute Gasteiger partial charge is 0.465 e. The molecule has 2 rings (SSSR count). The number of hydrogen-bond acceptors (Lipinski definition) is 3. The summed E-state index contributed by atoms with van der Waals surface area (Å²) < 4.78 is 4.64. The summed E-state index contributed by atoms with van der Waals surface area (Å²) in [5.74, 6) is -0.331. The van der Waals surface area contributed by atoms with Crippen LogP contribution in [0.4, 0.5) is 5.69 Å². The molecule has 0 aliphatic rings. The summed E-state index contributed by atoms with van der Waals surface area (Å²) in [6.07, 6.45) is 1.77. The van der Waals surface area contributed by atoms with Crippen molar-refractivity contribution in [2.45, 2.75) is 6.92 Å². The number of aliphatic imine (C=N–C) groups is 1. The molecule has 3 nitrogen and oxygen atoms in total. The van der Waals surface area contributed by atoms with Gasteiger partial charge in [-0.15, -0.1) is 0 Å². The smallest absolute Gasteiger partial charge is 0.337 e. The molecular formula is C16H15NO2. The SMILES string of the molecule is COC(=O)c1ccc(C=Nc2ccc(C)cc2)cc1. The Bertz CT molecular complexity index is 583. The van der Waals surface area contributed by atoms with Crippen LogP contribution in [-0.4, -0.2) is 19.3 Å². The molecule has 0 atom stereocenters. The highest BCUT2D eigenvalue weighted by molar-refractivity contribution is 5.90. The molecule has 0 amide bonds. The summed E-state index contributed by atoms with van der Waals surface area (Å²) in [5.41, 5.74) is 3.59. The molecule has 0 bridgehead atoms. The quantitative estimate of drug-likeness (QED) is 0.620. The molecule has 0 aromatic heterocycles. The first-order valence-electron chi connectivity index (χ1n) is 5.98. The fourth-order valence-corrected chi connectivity index (χ4v) is 1.60. The number of methoxy groups -OCH3 is 1. The van der Waals surface area contributed by atoms with Crippen molar-refractivity contribution >= 4 is 17.9 Å². The fourth-order valence-electron chi connectivity index (χ4n) is 1.60. The van der Waals surface area contributed by atoms with Gasteiger partial charge in [-0.1, -0.05) is 29.8 Å². The molecule has 0 unspecified atom stereocenters. The molecule has 0 spiro atoms. The lowest BCUT2D eigenvalue weighted by molar-refractivity contribution is 0.0601. The van der Waals surface area contributed by atoms with Crippen molar-refractivity contribution in [3.05, 3.63) is 65.2 Å². The number of benzene rings is 2. The normalized spacial score (nSPS) is 10.6. The van der Waals surface area contributed by atoms with Crippen molar-refractivity contribution in [2.24, 2.45) is 4.99 Å². The van der Waals surface area contributed by atoms with Crippen LogP contribution in [0.15, 0.2) is 53.5 Å². The van der Waals surface area contributed by atoms with Gasteiger partial charge >= 0.3 is 5.97 Å². The molecule has 0 saturated carbocycles. The summed E-state index contributed by atoms with van der Waals surface area (Å²) in [6, 6.07) is 15.1. The van der Waals surface area contributed by atoms with Gasteiger partial charge in [-0.25, -0.2) is 4.79 Å². The third-order valence-corrected chi connectivity index (χ3v) is 2.73. The van der Waals surface area contributed by atoms with Crippen molar-refractivity contribution in [3.8, 4) is 0 Å². The summed E-state index contributed by atoms with van der Waals surface area (Å²) in [5, 5.41) is 0. The van der Waals surface area contributed by atoms with Crippen LogP contribution in [0.5, 0.6) is 0 Å². The van der Waals surface area contributed by atoms with Crippen LogP contribution in [0.25, 0.3) is 0 Å². The van der Waals surface area contributed by atoms with Gasteiger partial charge in [0.1, 0.15) is 0 Å². The van der Waals surface area contributed by atoms with Gasteiger partial charge in [0.2, 0.25) is 0 Å². The maximum absolute atomic E-state index is 11.3. The topological polar surface area (TPSA) is 38.7 Å². The molecule has 2 aromatic rings. The van der Waals surface area contributed by atoms with Gasteiger partial charge in [-0.3, -0.25) is 4.99 Å². The zero-order chi connectivity index (χ0) is 13.7. The molecule has 0 radical (unpaired) electrons. The van der Waals surface area contributed by atoms with Crippen LogP contribution in [0, 0.1) is 6.92 Å². The summed E-state index contributed by atoms with van der Waals surface area (Å²) in [4.78, 5) is 15.7. The zero-order valence-electron chi connectivity index (χ0n) is 11.0. The minimum Gasteiger partial charge on any atom is -0.465 e. The van der Waals surface area contributed by atoms with Crippen molar-refractivity contribution in [1.82, 2.24) is 0 Å². The van der Waals surface area contributed by atoms with E-state index in [-0.39, 0.29) is 5.97 Å². The first-order valence-corrected chi connectivity index (χ1v) is 5.98. The number of carbonyl (C=O) groups is 1. The highest BCUT2D eigenvalue weighted by Gasteiger charge is 2.03. The van der Waals surface area contributed by atoms with Gasteiger partial charge in [0.25, 0.3) is 0 Å². The lowest BCUT2D eigenvalue weighted by atomic mass is 10.1. The van der Waals surface area contributed by atoms with Crippen LogP contribution in [0.1, 0.15) is 21.5 Å². The van der Waals surface area contributed by atoms with E-state index in [1.54, 1.807) is 18.3 Å². The van der Waals surface area contributed by atoms with E-state index in [9.17, 15) is 4.79 Å². The second-order valence-electron chi connectivity index (χ2n) is 4.21. The van der Waals surface area contributed by atoms with E-state index in [1.165, 1.54) is 12.7 Å². The molecular weight excluding hydrogens is 238 g/mol. The molecule has 19 heavy (non-hydrogen) atoms. The van der Waals surface area contributed by atoms with Gasteiger partial charge in [-0.2, -0.15) is 0 Å². The number of ether oxygens (including phenoxy) is 1. The third kappa shape index (κ3) is 3.52. The highest BCUT2D eigenvalue weighted by Crippen LogP contribution is 2.12. The van der Waals surface area contributed by atoms with Crippen molar-refractivity contribution in [2.75, 3.05) is 7.11 Å². The molecule has 3 heteroatoms. The zero-order valence-corrected chi connectivity index (χ0v) is 11.0. The van der Waals surface area contributed by atoms with Gasteiger partial charge in [0.05, 0.1) is 18.4 Å². The average Bonchev–Trinajstić information content (AvgIpc) is 2.46. The Morgan fingerprint density at radius 3 is 2.26 bits per heavy atom. The Kier molecular flexibility index (Phi) is 4.08. The molecule has 0 saturated heterocycles. The van der Waals surface area contributed by atoms with Crippen LogP contribution in [-0.2, 0) is 4.74 Å². The number of rotatable bonds is 3. The molecule has 0 aliphatic heterocycles. The Morgan fingerprint density at radius 2 is 1.68 bits per heavy atom. The molecule has 0 heterocycles. The lowest BCUT2D eigenvalue weighted by Crippen LogP contribution is -2.00. The van der Waals surface area contributed by atoms with E-state index < -0.39 is 0 Å². The van der Waals surface area contributed by atoms with Crippen molar-refractivity contribution < 1.29 is 9.53 Å². The van der Waals surface area contributed by atoms with Gasteiger partial charge in [0, 0.05) is 6.21 Å². The van der Waals surface area contributed by atoms with E-state index >= 15 is 0 Å². The van der Waals surface area contributed by atoms with Crippen molar-refractivity contribution in [1.29, 1.82) is 0 Å². The number of hydrogen-bond donors (Lipinski definition) is 0. The Labute approximate surface area is 112 Å². The van der Waals surface area contributed by atoms with E-state index in [4.69, 9.17) is 0 Å². The monoisotopic (exact) mass is 253 g/mol. The lowest BCUT2D eigenvalue weighted by Gasteiger charge is -1.99. The molecule has 0 fully saturated rings. The van der Waals surface area contributed by atoms with E-state index in [0.717, 1.165) is 11.3 Å². The highest BCUT2D eigenvalue weighted by atomic mass is 16.5. The first-order chi connectivity index (χ1) is 9.19. The van der Waals surface area contributed by atoms with Crippen LogP contribution < -0.4 is 0 Å². The number of esters is 1. The second kappa shape index (κ2) is 5.96. The van der Waals surface area contributed by atoms with Gasteiger partial charge in [0.15, 0.2) is 0 Å². The Balaban J connectivity index is 2.11. The van der Waals surface area contributed by atoms with Crippen LogP contribution in [0.2, 0.25) is 0 Å². The number of nitrogens with zero attached hydrogens (tertiary/aromatic N) is 1. The fraction of sp³-hybridized carbons (Fsp3) is 0.125. The Hall–Kier alpha value is -2.42. The van der Waals surface area contributed by atoms with E-state index in [2.05, 4.69) is 9.73 Å². The first kappa shape index (κ1) is 13.0. The minimum absolute atomic E-state index is 0.331.